The molecule has 1 saturated heterocycles. The lowest BCUT2D eigenvalue weighted by molar-refractivity contribution is 0.261. The summed E-state index contributed by atoms with van der Waals surface area (Å²) in [5, 5.41) is 15.8. The van der Waals surface area contributed by atoms with E-state index in [0.717, 1.165) is 13.1 Å². The molecule has 0 amide bonds. The van der Waals surface area contributed by atoms with Crippen LogP contribution in [-0.2, 0) is 0 Å². The maximum Gasteiger partial charge on any atom is 0.162 e. The van der Waals surface area contributed by atoms with Gasteiger partial charge in [0.2, 0.25) is 0 Å². The van der Waals surface area contributed by atoms with E-state index in [1.807, 2.05) is 0 Å². The molecule has 0 spiro atoms. The minimum atomic E-state index is 0.168. The summed E-state index contributed by atoms with van der Waals surface area (Å²) in [6.07, 6.45) is 3.93. The number of tetrazole rings is 1. The first-order chi connectivity index (χ1) is 10.3. The number of aromatic nitrogens is 4. The molecule has 2 heterocycles. The predicted molar refractivity (Wildman–Crippen MR) is 82.1 cm³/mol. The lowest BCUT2D eigenvalue weighted by atomic mass is 9.87. The average molecular weight is 285 g/mol. The maximum atomic E-state index is 4.29. The van der Waals surface area contributed by atoms with E-state index in [0.29, 0.717) is 11.8 Å². The number of hydrogen-bond donors (Lipinski definition) is 1. The molecule has 2 atom stereocenters. The molecule has 5 nitrogen and oxygen atoms in total. The summed E-state index contributed by atoms with van der Waals surface area (Å²) in [6.45, 7) is 6.56. The molecule has 2 aromatic rings. The van der Waals surface area contributed by atoms with Crippen molar-refractivity contribution in [3.8, 4) is 0 Å². The van der Waals surface area contributed by atoms with Gasteiger partial charge in [-0.15, -0.1) is 10.2 Å². The van der Waals surface area contributed by atoms with Crippen LogP contribution in [0.3, 0.4) is 0 Å². The third kappa shape index (κ3) is 3.13. The molecule has 0 bridgehead atoms. The summed E-state index contributed by atoms with van der Waals surface area (Å²) in [4.78, 5) is 1.77. The molecular weight excluding hydrogens is 262 g/mol. The van der Waals surface area contributed by atoms with Crippen molar-refractivity contribution in [3.63, 3.8) is 0 Å². The smallest absolute Gasteiger partial charge is 0.162 e. The number of nitrogens with one attached hydrogen (secondary N) is 1. The second kappa shape index (κ2) is 6.35. The Morgan fingerprint density at radius 2 is 1.95 bits per heavy atom. The number of rotatable bonds is 4. The van der Waals surface area contributed by atoms with Gasteiger partial charge in [0.1, 0.15) is 6.04 Å². The highest BCUT2D eigenvalue weighted by Crippen LogP contribution is 2.30. The molecule has 0 aliphatic carbocycles. The summed E-state index contributed by atoms with van der Waals surface area (Å²) < 4.78 is 0. The van der Waals surface area contributed by atoms with E-state index in [1.54, 1.807) is 4.80 Å². The molecule has 3 rings (SSSR count). The van der Waals surface area contributed by atoms with E-state index < -0.39 is 0 Å². The Morgan fingerprint density at radius 1 is 1.19 bits per heavy atom. The number of benzene rings is 1. The highest BCUT2D eigenvalue weighted by molar-refractivity contribution is 5.27. The lowest BCUT2D eigenvalue weighted by Gasteiger charge is -2.30. The molecule has 0 saturated carbocycles. The van der Waals surface area contributed by atoms with Crippen molar-refractivity contribution in [1.82, 2.24) is 25.5 Å². The summed E-state index contributed by atoms with van der Waals surface area (Å²) in [5.74, 6) is 1.07. The Bertz CT molecular complexity index is 541. The zero-order valence-electron chi connectivity index (χ0n) is 12.7. The van der Waals surface area contributed by atoms with Crippen molar-refractivity contribution in [1.29, 1.82) is 0 Å². The van der Waals surface area contributed by atoms with Crippen LogP contribution in [0.1, 0.15) is 49.8 Å². The van der Waals surface area contributed by atoms with E-state index in [2.05, 4.69) is 58.8 Å². The van der Waals surface area contributed by atoms with Crippen LogP contribution in [0.4, 0.5) is 0 Å². The molecule has 1 aliphatic rings. The van der Waals surface area contributed by atoms with Crippen molar-refractivity contribution in [2.75, 3.05) is 13.1 Å². The Labute approximate surface area is 125 Å². The van der Waals surface area contributed by atoms with Gasteiger partial charge in [0, 0.05) is 6.54 Å². The Balaban J connectivity index is 1.91. The highest BCUT2D eigenvalue weighted by Gasteiger charge is 2.28. The fraction of sp³-hybridized carbons (Fsp3) is 0.562. The van der Waals surface area contributed by atoms with E-state index >= 15 is 0 Å². The van der Waals surface area contributed by atoms with Crippen LogP contribution in [0.5, 0.6) is 0 Å². The van der Waals surface area contributed by atoms with E-state index in [1.165, 1.54) is 30.3 Å². The fourth-order valence-corrected chi connectivity index (χ4v) is 3.12. The molecule has 1 aliphatic heterocycles. The van der Waals surface area contributed by atoms with Gasteiger partial charge < -0.3 is 5.32 Å². The van der Waals surface area contributed by atoms with Gasteiger partial charge in [-0.05, 0) is 47.6 Å². The van der Waals surface area contributed by atoms with Crippen molar-refractivity contribution in [3.05, 3.63) is 41.7 Å². The summed E-state index contributed by atoms with van der Waals surface area (Å²) >= 11 is 0. The van der Waals surface area contributed by atoms with Gasteiger partial charge in [-0.2, -0.15) is 4.80 Å². The second-order valence-electron chi connectivity index (χ2n) is 6.13. The van der Waals surface area contributed by atoms with Crippen LogP contribution in [0.2, 0.25) is 0 Å². The maximum absolute atomic E-state index is 4.29. The Hall–Kier alpha value is -1.75. The predicted octanol–water partition coefficient (Wildman–Crippen LogP) is 2.39. The largest absolute Gasteiger partial charge is 0.316 e. The van der Waals surface area contributed by atoms with Crippen molar-refractivity contribution < 1.29 is 0 Å². The lowest BCUT2D eigenvalue weighted by Crippen LogP contribution is -2.36. The molecule has 1 aromatic heterocycles. The summed E-state index contributed by atoms with van der Waals surface area (Å²) in [6, 6.07) is 9.05. The van der Waals surface area contributed by atoms with Crippen molar-refractivity contribution in [2.45, 2.75) is 38.6 Å². The quantitative estimate of drug-likeness (QED) is 0.937. The van der Waals surface area contributed by atoms with Crippen LogP contribution in [-0.4, -0.2) is 33.3 Å². The first-order valence-corrected chi connectivity index (χ1v) is 7.78. The minimum Gasteiger partial charge on any atom is -0.316 e. The zero-order chi connectivity index (χ0) is 14.7. The van der Waals surface area contributed by atoms with Crippen LogP contribution < -0.4 is 5.32 Å². The van der Waals surface area contributed by atoms with Gasteiger partial charge in [-0.25, -0.2) is 0 Å². The van der Waals surface area contributed by atoms with E-state index in [-0.39, 0.29) is 6.04 Å². The molecular formula is C16H23N5. The first-order valence-electron chi connectivity index (χ1n) is 7.78. The molecule has 0 unspecified atom stereocenters. The van der Waals surface area contributed by atoms with Crippen LogP contribution in [0.25, 0.3) is 0 Å². The number of nitrogens with zero attached hydrogens (tertiary/aromatic N) is 4. The van der Waals surface area contributed by atoms with E-state index in [4.69, 9.17) is 0 Å². The van der Waals surface area contributed by atoms with Crippen LogP contribution >= 0.6 is 0 Å². The highest BCUT2D eigenvalue weighted by atomic mass is 15.6. The van der Waals surface area contributed by atoms with Gasteiger partial charge in [0.15, 0.2) is 6.33 Å². The average Bonchev–Trinajstić information content (AvgIpc) is 3.03. The standard InChI is InChI=1S/C16H23N5/c1-12(2)13-5-7-14(8-6-13)16(21-19-11-18-20-21)15-4-3-9-17-10-15/h5-8,11-12,15-17H,3-4,9-10H2,1-2H3/t15-,16-/m1/s1. The molecule has 1 N–H and O–H groups in total. The molecule has 0 radical (unpaired) electrons. The third-order valence-corrected chi connectivity index (χ3v) is 4.34. The van der Waals surface area contributed by atoms with Gasteiger partial charge in [-0.1, -0.05) is 38.1 Å². The van der Waals surface area contributed by atoms with E-state index in [9.17, 15) is 0 Å². The minimum absolute atomic E-state index is 0.168. The first kappa shape index (κ1) is 14.2. The molecule has 112 valence electrons. The van der Waals surface area contributed by atoms with Crippen molar-refractivity contribution in [2.24, 2.45) is 5.92 Å². The van der Waals surface area contributed by atoms with Gasteiger partial charge in [-0.3, -0.25) is 0 Å². The Morgan fingerprint density at radius 3 is 2.52 bits per heavy atom. The summed E-state index contributed by atoms with van der Waals surface area (Å²) in [5.41, 5.74) is 2.64. The van der Waals surface area contributed by atoms with Crippen molar-refractivity contribution >= 4 is 0 Å². The van der Waals surface area contributed by atoms with Crippen LogP contribution in [0, 0.1) is 5.92 Å². The topological polar surface area (TPSA) is 55.6 Å². The normalized spacial score (nSPS) is 20.6. The van der Waals surface area contributed by atoms with Crippen LogP contribution in [0.15, 0.2) is 30.6 Å². The molecule has 5 heteroatoms. The number of hydrogen-bond acceptors (Lipinski definition) is 4. The molecule has 21 heavy (non-hydrogen) atoms. The third-order valence-electron chi connectivity index (χ3n) is 4.34. The number of piperidine rings is 1. The van der Waals surface area contributed by atoms with Gasteiger partial charge in [0.05, 0.1) is 0 Å². The molecule has 1 aromatic carbocycles. The fourth-order valence-electron chi connectivity index (χ4n) is 3.12. The van der Waals surface area contributed by atoms with Gasteiger partial charge >= 0.3 is 0 Å². The SMILES string of the molecule is CC(C)c1ccc([C@H]([C@@H]2CCCNC2)n2ncnn2)cc1. The monoisotopic (exact) mass is 285 g/mol. The van der Waals surface area contributed by atoms with Gasteiger partial charge in [0.25, 0.3) is 0 Å². The summed E-state index contributed by atoms with van der Waals surface area (Å²) in [7, 11) is 0. The second-order valence-corrected chi connectivity index (χ2v) is 6.13. The molecule has 1 fully saturated rings. The zero-order valence-corrected chi connectivity index (χ0v) is 12.7. The Kier molecular flexibility index (Phi) is 4.29.